The molecule has 1 amide bonds. The molecule has 0 fully saturated rings. The summed E-state index contributed by atoms with van der Waals surface area (Å²) in [6.07, 6.45) is 7.30. The smallest absolute Gasteiger partial charge is 0.247 e. The van der Waals surface area contributed by atoms with E-state index in [1.807, 2.05) is 63.6 Å². The van der Waals surface area contributed by atoms with Crippen molar-refractivity contribution in [1.29, 1.82) is 0 Å². The molecule has 1 atom stereocenters. The Balaban J connectivity index is 1.65. The van der Waals surface area contributed by atoms with Crippen LogP contribution in [0.5, 0.6) is 0 Å². The lowest BCUT2D eigenvalue weighted by Gasteiger charge is -2.22. The molecular weight excluding hydrogens is 302 g/mol. The quantitative estimate of drug-likeness (QED) is 0.725. The number of carbonyl (C=O) groups excluding carboxylic acids is 1. The van der Waals surface area contributed by atoms with Crippen molar-refractivity contribution in [1.82, 2.24) is 24.5 Å². The molecule has 2 heterocycles. The highest BCUT2D eigenvalue weighted by molar-refractivity contribution is 5.79. The van der Waals surface area contributed by atoms with Crippen LogP contribution in [-0.2, 0) is 11.3 Å². The van der Waals surface area contributed by atoms with E-state index in [-0.39, 0.29) is 11.9 Å². The maximum absolute atomic E-state index is 12.6. The average Bonchev–Trinajstić information content (AvgIpc) is 3.26. The Morgan fingerprint density at radius 2 is 2.00 bits per heavy atom. The number of rotatable bonds is 5. The Kier molecular flexibility index (Phi) is 4.46. The first-order chi connectivity index (χ1) is 11.5. The highest BCUT2D eigenvalue weighted by atomic mass is 16.2. The van der Waals surface area contributed by atoms with Crippen LogP contribution in [0.15, 0.2) is 55.1 Å². The number of hydrogen-bond acceptors (Lipinski definition) is 3. The van der Waals surface area contributed by atoms with E-state index >= 15 is 0 Å². The lowest BCUT2D eigenvalue weighted by molar-refractivity contribution is -0.133. The fourth-order valence-corrected chi connectivity index (χ4v) is 2.60. The summed E-state index contributed by atoms with van der Waals surface area (Å²) in [5, 5.41) is 8.43. The van der Waals surface area contributed by atoms with Gasteiger partial charge in [0, 0.05) is 32.2 Å². The third kappa shape index (κ3) is 3.37. The van der Waals surface area contributed by atoms with Crippen molar-refractivity contribution < 1.29 is 4.79 Å². The van der Waals surface area contributed by atoms with Gasteiger partial charge in [0.1, 0.15) is 6.04 Å². The van der Waals surface area contributed by atoms with Gasteiger partial charge >= 0.3 is 0 Å². The van der Waals surface area contributed by atoms with E-state index in [1.54, 1.807) is 26.7 Å². The molecule has 0 N–H and O–H groups in total. The number of nitrogens with zero attached hydrogens (tertiary/aromatic N) is 5. The molecule has 3 aromatic rings. The second-order valence-electron chi connectivity index (χ2n) is 5.99. The van der Waals surface area contributed by atoms with Crippen LogP contribution in [0.2, 0.25) is 0 Å². The minimum Gasteiger partial charge on any atom is -0.340 e. The van der Waals surface area contributed by atoms with Crippen LogP contribution in [0.4, 0.5) is 0 Å². The van der Waals surface area contributed by atoms with Crippen LogP contribution >= 0.6 is 0 Å². The number of carbonyl (C=O) groups is 1. The molecule has 6 heteroatoms. The first-order valence-corrected chi connectivity index (χ1v) is 7.89. The Labute approximate surface area is 141 Å². The van der Waals surface area contributed by atoms with Crippen molar-refractivity contribution in [2.75, 3.05) is 7.05 Å². The average molecular weight is 323 g/mol. The van der Waals surface area contributed by atoms with Crippen molar-refractivity contribution in [2.45, 2.75) is 26.4 Å². The molecule has 6 nitrogen and oxygen atoms in total. The molecule has 0 saturated heterocycles. The van der Waals surface area contributed by atoms with E-state index in [0.717, 1.165) is 16.8 Å². The minimum absolute atomic E-state index is 0.0363. The first kappa shape index (κ1) is 16.0. The highest BCUT2D eigenvalue weighted by Crippen LogP contribution is 2.14. The van der Waals surface area contributed by atoms with Gasteiger partial charge in [-0.3, -0.25) is 9.48 Å². The van der Waals surface area contributed by atoms with Crippen molar-refractivity contribution >= 4 is 5.91 Å². The Morgan fingerprint density at radius 1 is 1.25 bits per heavy atom. The molecule has 0 saturated carbocycles. The van der Waals surface area contributed by atoms with E-state index in [9.17, 15) is 4.79 Å². The molecule has 0 spiro atoms. The van der Waals surface area contributed by atoms with Crippen molar-refractivity contribution in [3.8, 4) is 5.69 Å². The van der Waals surface area contributed by atoms with Gasteiger partial charge in [-0.2, -0.15) is 10.2 Å². The monoisotopic (exact) mass is 323 g/mol. The lowest BCUT2D eigenvalue weighted by Crippen LogP contribution is -2.33. The second kappa shape index (κ2) is 6.70. The first-order valence-electron chi connectivity index (χ1n) is 7.89. The second-order valence-corrected chi connectivity index (χ2v) is 5.99. The van der Waals surface area contributed by atoms with E-state index < -0.39 is 0 Å². The maximum Gasteiger partial charge on any atom is 0.247 e. The van der Waals surface area contributed by atoms with Crippen molar-refractivity contribution in [3.63, 3.8) is 0 Å². The van der Waals surface area contributed by atoms with Gasteiger partial charge in [-0.25, -0.2) is 4.68 Å². The van der Waals surface area contributed by atoms with Crippen LogP contribution in [0.3, 0.4) is 0 Å². The van der Waals surface area contributed by atoms with Gasteiger partial charge in [-0.1, -0.05) is 12.1 Å². The normalized spacial score (nSPS) is 12.1. The third-order valence-electron chi connectivity index (χ3n) is 3.99. The zero-order chi connectivity index (χ0) is 17.1. The van der Waals surface area contributed by atoms with E-state index in [1.165, 1.54) is 0 Å². The SMILES string of the molecule is Cc1cnn([C@@H](C)C(=O)N(C)Cc2ccc(-n3cccn3)cc2)c1. The number of amides is 1. The van der Waals surface area contributed by atoms with Gasteiger partial charge in [0.15, 0.2) is 0 Å². The molecule has 24 heavy (non-hydrogen) atoms. The molecule has 0 aliphatic carbocycles. The summed E-state index contributed by atoms with van der Waals surface area (Å²) in [6.45, 7) is 4.39. The largest absolute Gasteiger partial charge is 0.340 e. The number of aryl methyl sites for hydroxylation is 1. The third-order valence-corrected chi connectivity index (χ3v) is 3.99. The van der Waals surface area contributed by atoms with Crippen LogP contribution in [0.1, 0.15) is 24.1 Å². The topological polar surface area (TPSA) is 56.0 Å². The summed E-state index contributed by atoms with van der Waals surface area (Å²) < 4.78 is 3.51. The molecule has 0 aliphatic heterocycles. The molecule has 3 rings (SSSR count). The highest BCUT2D eigenvalue weighted by Gasteiger charge is 2.19. The molecule has 1 aromatic carbocycles. The van der Waals surface area contributed by atoms with Crippen LogP contribution < -0.4 is 0 Å². The summed E-state index contributed by atoms with van der Waals surface area (Å²) in [7, 11) is 1.82. The maximum atomic E-state index is 12.6. The Hall–Kier alpha value is -2.89. The Morgan fingerprint density at radius 3 is 2.58 bits per heavy atom. The van der Waals surface area contributed by atoms with Gasteiger partial charge in [0.25, 0.3) is 0 Å². The number of likely N-dealkylation sites (N-methyl/N-ethyl adjacent to an activating group) is 1. The summed E-state index contributed by atoms with van der Waals surface area (Å²) in [6, 6.07) is 9.61. The Bertz CT molecular complexity index is 804. The summed E-state index contributed by atoms with van der Waals surface area (Å²) in [5.41, 5.74) is 3.12. The molecule has 124 valence electrons. The van der Waals surface area contributed by atoms with Gasteiger partial charge in [-0.05, 0) is 43.2 Å². The molecule has 0 radical (unpaired) electrons. The predicted octanol–water partition coefficient (Wildman–Crippen LogP) is 2.60. The van der Waals surface area contributed by atoms with Crippen LogP contribution in [0, 0.1) is 6.92 Å². The van der Waals surface area contributed by atoms with E-state index in [0.29, 0.717) is 6.54 Å². The van der Waals surface area contributed by atoms with E-state index in [4.69, 9.17) is 0 Å². The minimum atomic E-state index is -0.313. The molecule has 0 aliphatic rings. The fourth-order valence-electron chi connectivity index (χ4n) is 2.60. The molecule has 0 unspecified atom stereocenters. The fraction of sp³-hybridized carbons (Fsp3) is 0.278. The van der Waals surface area contributed by atoms with Gasteiger partial charge in [0.2, 0.25) is 5.91 Å². The predicted molar refractivity (Wildman–Crippen MR) is 91.7 cm³/mol. The van der Waals surface area contributed by atoms with Gasteiger partial charge < -0.3 is 4.90 Å². The zero-order valence-electron chi connectivity index (χ0n) is 14.1. The molecule has 2 aromatic heterocycles. The summed E-state index contributed by atoms with van der Waals surface area (Å²) in [5.74, 6) is 0.0363. The van der Waals surface area contributed by atoms with Gasteiger partial charge in [-0.15, -0.1) is 0 Å². The molecular formula is C18H21N5O. The summed E-state index contributed by atoms with van der Waals surface area (Å²) >= 11 is 0. The standard InChI is InChI=1S/C18H21N5O/c1-14-11-20-23(12-14)15(2)18(24)21(3)13-16-5-7-17(8-6-16)22-10-4-9-19-22/h4-12,15H,13H2,1-3H3/t15-/m0/s1. The lowest BCUT2D eigenvalue weighted by atomic mass is 10.2. The van der Waals surface area contributed by atoms with E-state index in [2.05, 4.69) is 10.2 Å². The summed E-state index contributed by atoms with van der Waals surface area (Å²) in [4.78, 5) is 14.3. The number of benzene rings is 1. The molecule has 0 bridgehead atoms. The van der Waals surface area contributed by atoms with Crippen molar-refractivity contribution in [3.05, 3.63) is 66.2 Å². The zero-order valence-corrected chi connectivity index (χ0v) is 14.1. The number of hydrogen-bond donors (Lipinski definition) is 0. The van der Waals surface area contributed by atoms with Gasteiger partial charge in [0.05, 0.1) is 11.9 Å². The van der Waals surface area contributed by atoms with Crippen LogP contribution in [-0.4, -0.2) is 37.4 Å². The van der Waals surface area contributed by atoms with Crippen LogP contribution in [0.25, 0.3) is 5.69 Å². The van der Waals surface area contributed by atoms with Crippen molar-refractivity contribution in [2.24, 2.45) is 0 Å². The number of aromatic nitrogens is 4.